The topological polar surface area (TPSA) is 46.2 Å². The minimum atomic E-state index is -1.82. The van der Waals surface area contributed by atoms with Crippen LogP contribution in [0.2, 0.25) is 18.1 Å². The highest BCUT2D eigenvalue weighted by atomic mass is 28.4. The van der Waals surface area contributed by atoms with Crippen molar-refractivity contribution in [2.45, 2.75) is 109 Å². The van der Waals surface area contributed by atoms with Crippen molar-refractivity contribution in [1.82, 2.24) is 0 Å². The SMILES string of the molecule is C#CC[C@@H]1OC(C)(C)O[C@@H]1C(/C=C\C[C@@H](C)O[Si](C)(C)C(C)(C)C)OCc1ccc(OC)cc1. The number of rotatable bonds is 11. The van der Waals surface area contributed by atoms with Gasteiger partial charge in [-0.05, 0) is 63.0 Å². The van der Waals surface area contributed by atoms with E-state index in [0.717, 1.165) is 17.7 Å². The van der Waals surface area contributed by atoms with Gasteiger partial charge in [0.2, 0.25) is 0 Å². The standard InChI is InChI=1S/C28H44O5Si/c1-11-13-25-26(32-28(6,7)31-25)24(30-20-22-16-18-23(29-8)19-17-22)15-12-14-21(2)33-34(9,10)27(3,4)5/h1,12,15-19,21,24-26H,13-14,20H2,2-10H3/b15-12-/t21-,24?,25+,26-/m1/s1. The lowest BCUT2D eigenvalue weighted by molar-refractivity contribution is -0.156. The largest absolute Gasteiger partial charge is 0.497 e. The molecule has 0 bridgehead atoms. The monoisotopic (exact) mass is 488 g/mol. The molecular weight excluding hydrogens is 444 g/mol. The first-order valence-corrected chi connectivity index (χ1v) is 15.1. The summed E-state index contributed by atoms with van der Waals surface area (Å²) in [4.78, 5) is 0. The minimum absolute atomic E-state index is 0.123. The van der Waals surface area contributed by atoms with Gasteiger partial charge in [0.1, 0.15) is 24.1 Å². The Morgan fingerprint density at radius 1 is 1.18 bits per heavy atom. The fourth-order valence-corrected chi connectivity index (χ4v) is 5.18. The van der Waals surface area contributed by atoms with E-state index in [1.54, 1.807) is 7.11 Å². The van der Waals surface area contributed by atoms with Crippen LogP contribution < -0.4 is 4.74 Å². The Hall–Kier alpha value is -1.62. The molecule has 1 unspecified atom stereocenters. The van der Waals surface area contributed by atoms with E-state index in [2.05, 4.69) is 58.9 Å². The molecule has 0 saturated carbocycles. The lowest BCUT2D eigenvalue weighted by Gasteiger charge is -2.38. The first-order chi connectivity index (χ1) is 15.8. The molecule has 0 radical (unpaired) electrons. The van der Waals surface area contributed by atoms with Crippen LogP contribution in [0.5, 0.6) is 5.75 Å². The van der Waals surface area contributed by atoms with E-state index in [4.69, 9.17) is 29.8 Å². The highest BCUT2D eigenvalue weighted by Crippen LogP contribution is 2.38. The average molecular weight is 489 g/mol. The molecule has 0 spiro atoms. The quantitative estimate of drug-likeness (QED) is 0.203. The van der Waals surface area contributed by atoms with Crippen LogP contribution in [0.4, 0.5) is 0 Å². The molecule has 190 valence electrons. The lowest BCUT2D eigenvalue weighted by Crippen LogP contribution is -2.43. The number of hydrogen-bond donors (Lipinski definition) is 0. The zero-order chi connectivity index (χ0) is 25.6. The molecule has 4 atom stereocenters. The molecule has 1 saturated heterocycles. The number of hydrogen-bond acceptors (Lipinski definition) is 5. The first-order valence-electron chi connectivity index (χ1n) is 12.2. The van der Waals surface area contributed by atoms with Gasteiger partial charge in [0, 0.05) is 12.5 Å². The van der Waals surface area contributed by atoms with Gasteiger partial charge < -0.3 is 23.4 Å². The van der Waals surface area contributed by atoms with Gasteiger partial charge in [-0.15, -0.1) is 12.3 Å². The molecule has 2 rings (SSSR count). The third-order valence-corrected chi connectivity index (χ3v) is 11.2. The van der Waals surface area contributed by atoms with Crippen molar-refractivity contribution >= 4 is 8.32 Å². The Labute approximate surface area is 208 Å². The smallest absolute Gasteiger partial charge is 0.192 e. The van der Waals surface area contributed by atoms with Gasteiger partial charge in [-0.25, -0.2) is 0 Å². The summed E-state index contributed by atoms with van der Waals surface area (Å²) < 4.78 is 30.4. The van der Waals surface area contributed by atoms with Crippen molar-refractivity contribution in [1.29, 1.82) is 0 Å². The molecule has 1 aliphatic rings. The van der Waals surface area contributed by atoms with Crippen LogP contribution in [0.1, 0.15) is 59.9 Å². The van der Waals surface area contributed by atoms with E-state index in [-0.39, 0.29) is 29.5 Å². The van der Waals surface area contributed by atoms with E-state index in [9.17, 15) is 0 Å². The van der Waals surface area contributed by atoms with Crippen LogP contribution >= 0.6 is 0 Å². The zero-order valence-corrected chi connectivity index (χ0v) is 23.5. The number of benzene rings is 1. The molecule has 1 aromatic rings. The van der Waals surface area contributed by atoms with Crippen molar-refractivity contribution in [2.24, 2.45) is 0 Å². The van der Waals surface area contributed by atoms with Crippen LogP contribution in [-0.2, 0) is 25.2 Å². The molecule has 1 fully saturated rings. The first kappa shape index (κ1) is 28.6. The molecule has 1 aromatic carbocycles. The van der Waals surface area contributed by atoms with Gasteiger partial charge in [-0.2, -0.15) is 0 Å². The maximum absolute atomic E-state index is 6.51. The molecule has 34 heavy (non-hydrogen) atoms. The number of ether oxygens (including phenoxy) is 4. The highest BCUT2D eigenvalue weighted by molar-refractivity contribution is 6.74. The van der Waals surface area contributed by atoms with Crippen molar-refractivity contribution in [2.75, 3.05) is 7.11 Å². The molecule has 0 aromatic heterocycles. The highest BCUT2D eigenvalue weighted by Gasteiger charge is 2.44. The Morgan fingerprint density at radius 3 is 2.38 bits per heavy atom. The molecule has 0 N–H and O–H groups in total. The lowest BCUT2D eigenvalue weighted by atomic mass is 10.0. The van der Waals surface area contributed by atoms with Crippen LogP contribution in [-0.4, -0.2) is 45.6 Å². The van der Waals surface area contributed by atoms with Gasteiger partial charge in [-0.3, -0.25) is 0 Å². The third kappa shape index (κ3) is 8.25. The Kier molecular flexibility index (Phi) is 9.99. The van der Waals surface area contributed by atoms with E-state index >= 15 is 0 Å². The predicted molar refractivity (Wildman–Crippen MR) is 140 cm³/mol. The zero-order valence-electron chi connectivity index (χ0n) is 22.5. The summed E-state index contributed by atoms with van der Waals surface area (Å²) in [5, 5.41) is 0.179. The fourth-order valence-electron chi connectivity index (χ4n) is 3.72. The van der Waals surface area contributed by atoms with E-state index in [1.165, 1.54) is 0 Å². The second-order valence-electron chi connectivity index (χ2n) is 11.0. The molecule has 1 heterocycles. The Morgan fingerprint density at radius 2 is 1.82 bits per heavy atom. The van der Waals surface area contributed by atoms with Gasteiger partial charge in [0.25, 0.3) is 0 Å². The third-order valence-electron chi connectivity index (χ3n) is 6.56. The summed E-state index contributed by atoms with van der Waals surface area (Å²) in [5.74, 6) is 2.83. The minimum Gasteiger partial charge on any atom is -0.497 e. The second kappa shape index (κ2) is 11.9. The van der Waals surface area contributed by atoms with Crippen molar-refractivity contribution < 1.29 is 23.4 Å². The maximum Gasteiger partial charge on any atom is 0.192 e. The van der Waals surface area contributed by atoms with Crippen LogP contribution in [0, 0.1) is 12.3 Å². The van der Waals surface area contributed by atoms with Crippen molar-refractivity contribution in [3.63, 3.8) is 0 Å². The summed E-state index contributed by atoms with van der Waals surface area (Å²) in [7, 11) is -0.161. The number of terminal acetylenes is 1. The van der Waals surface area contributed by atoms with Crippen molar-refractivity contribution in [3.05, 3.63) is 42.0 Å². The maximum atomic E-state index is 6.51. The Balaban J connectivity index is 2.13. The molecule has 0 amide bonds. The van der Waals surface area contributed by atoms with Crippen molar-refractivity contribution in [3.8, 4) is 18.1 Å². The van der Waals surface area contributed by atoms with Crippen LogP contribution in [0.15, 0.2) is 36.4 Å². The fraction of sp³-hybridized carbons (Fsp3) is 0.643. The van der Waals surface area contributed by atoms with E-state index in [0.29, 0.717) is 13.0 Å². The van der Waals surface area contributed by atoms with E-state index in [1.807, 2.05) is 38.1 Å². The normalized spacial score (nSPS) is 22.5. The second-order valence-corrected chi connectivity index (χ2v) is 15.8. The van der Waals surface area contributed by atoms with Crippen LogP contribution in [0.3, 0.4) is 0 Å². The summed E-state index contributed by atoms with van der Waals surface area (Å²) in [6, 6.07) is 7.87. The number of methoxy groups -OCH3 is 1. The molecule has 6 heteroatoms. The summed E-state index contributed by atoms with van der Waals surface area (Å²) >= 11 is 0. The van der Waals surface area contributed by atoms with E-state index < -0.39 is 14.1 Å². The average Bonchev–Trinajstić information content (AvgIpc) is 3.04. The predicted octanol–water partition coefficient (Wildman–Crippen LogP) is 6.48. The van der Waals surface area contributed by atoms with Crippen LogP contribution in [0.25, 0.3) is 0 Å². The van der Waals surface area contributed by atoms with Gasteiger partial charge in [0.15, 0.2) is 14.1 Å². The molecule has 5 nitrogen and oxygen atoms in total. The molecule has 1 aliphatic heterocycles. The summed E-state index contributed by atoms with van der Waals surface area (Å²) in [6.07, 6.45) is 10.4. The molecular formula is C28H44O5Si. The van der Waals surface area contributed by atoms with Gasteiger partial charge >= 0.3 is 0 Å². The van der Waals surface area contributed by atoms with Gasteiger partial charge in [0.05, 0.1) is 13.7 Å². The Bertz CT molecular complexity index is 832. The summed E-state index contributed by atoms with van der Waals surface area (Å²) in [6.45, 7) is 17.7. The molecule has 0 aliphatic carbocycles. The van der Waals surface area contributed by atoms with Gasteiger partial charge in [-0.1, -0.05) is 45.1 Å². The summed E-state index contributed by atoms with van der Waals surface area (Å²) in [5.41, 5.74) is 1.06.